The summed E-state index contributed by atoms with van der Waals surface area (Å²) in [6, 6.07) is 5.88. The number of ether oxygens (including phenoxy) is 2. The molecule has 3 nitrogen and oxygen atoms in total. The van der Waals surface area contributed by atoms with Crippen LogP contribution in [-0.4, -0.2) is 7.11 Å². The van der Waals surface area contributed by atoms with Gasteiger partial charge in [0, 0.05) is 21.3 Å². The van der Waals surface area contributed by atoms with Gasteiger partial charge in [-0.25, -0.2) is 0 Å². The molecule has 0 aliphatic heterocycles. The number of hydrogen-bond acceptors (Lipinski definition) is 4. The van der Waals surface area contributed by atoms with Gasteiger partial charge in [-0.1, -0.05) is 0 Å². The molecule has 0 unspecified atom stereocenters. The van der Waals surface area contributed by atoms with E-state index in [1.807, 2.05) is 23.6 Å². The molecule has 1 aromatic heterocycles. The van der Waals surface area contributed by atoms with Crippen LogP contribution in [0.4, 0.5) is 0 Å². The van der Waals surface area contributed by atoms with Crippen molar-refractivity contribution in [2.45, 2.75) is 13.2 Å². The monoisotopic (exact) mass is 405 g/mol. The van der Waals surface area contributed by atoms with Gasteiger partial charge in [-0.3, -0.25) is 0 Å². The van der Waals surface area contributed by atoms with Crippen molar-refractivity contribution < 1.29 is 9.47 Å². The van der Waals surface area contributed by atoms with Gasteiger partial charge in [0.25, 0.3) is 0 Å². The van der Waals surface area contributed by atoms with E-state index in [1.54, 1.807) is 18.4 Å². The number of benzene rings is 1. The molecule has 2 aromatic rings. The minimum atomic E-state index is 0.465. The van der Waals surface area contributed by atoms with Crippen LogP contribution in [0.15, 0.2) is 32.5 Å². The highest BCUT2D eigenvalue weighted by Gasteiger charge is 2.12. The number of rotatable bonds is 5. The second kappa shape index (κ2) is 6.74. The first-order valence-corrected chi connectivity index (χ1v) is 8.02. The fraction of sp³-hybridized carbons (Fsp3) is 0.231. The highest BCUT2D eigenvalue weighted by Crippen LogP contribution is 2.37. The minimum Gasteiger partial charge on any atom is -0.493 e. The van der Waals surface area contributed by atoms with Crippen LogP contribution in [-0.2, 0) is 13.2 Å². The molecule has 1 aromatic carbocycles. The minimum absolute atomic E-state index is 0.465. The van der Waals surface area contributed by atoms with E-state index in [0.717, 1.165) is 19.4 Å². The maximum Gasteiger partial charge on any atom is 0.175 e. The largest absolute Gasteiger partial charge is 0.493 e. The van der Waals surface area contributed by atoms with Crippen LogP contribution < -0.4 is 15.2 Å². The highest BCUT2D eigenvalue weighted by molar-refractivity contribution is 9.10. The number of thiophene rings is 1. The van der Waals surface area contributed by atoms with Crippen molar-refractivity contribution in [3.05, 3.63) is 43.0 Å². The van der Waals surface area contributed by atoms with Crippen molar-refractivity contribution in [1.29, 1.82) is 0 Å². The summed E-state index contributed by atoms with van der Waals surface area (Å²) in [7, 11) is 1.62. The molecule has 0 radical (unpaired) electrons. The van der Waals surface area contributed by atoms with E-state index in [1.165, 1.54) is 0 Å². The Morgan fingerprint density at radius 1 is 1.26 bits per heavy atom. The Morgan fingerprint density at radius 2 is 2.05 bits per heavy atom. The summed E-state index contributed by atoms with van der Waals surface area (Å²) in [6.45, 7) is 0.973. The molecule has 6 heteroatoms. The van der Waals surface area contributed by atoms with E-state index in [2.05, 4.69) is 31.9 Å². The van der Waals surface area contributed by atoms with Gasteiger partial charge in [-0.2, -0.15) is 0 Å². The normalized spacial score (nSPS) is 10.5. The maximum absolute atomic E-state index is 5.83. The smallest absolute Gasteiger partial charge is 0.175 e. The fourth-order valence-electron chi connectivity index (χ4n) is 1.60. The summed E-state index contributed by atoms with van der Waals surface area (Å²) in [4.78, 5) is 1.14. The average Bonchev–Trinajstić information content (AvgIpc) is 2.82. The summed E-state index contributed by atoms with van der Waals surface area (Å²) in [6.07, 6.45) is 0. The topological polar surface area (TPSA) is 44.5 Å². The van der Waals surface area contributed by atoms with Gasteiger partial charge in [-0.15, -0.1) is 11.3 Å². The first-order valence-electron chi connectivity index (χ1n) is 5.56. The third-order valence-corrected chi connectivity index (χ3v) is 4.77. The van der Waals surface area contributed by atoms with E-state index < -0.39 is 0 Å². The summed E-state index contributed by atoms with van der Waals surface area (Å²) in [5, 5.41) is 2.03. The zero-order valence-corrected chi connectivity index (χ0v) is 14.3. The van der Waals surface area contributed by atoms with Crippen LogP contribution >= 0.6 is 43.2 Å². The Morgan fingerprint density at radius 3 is 2.63 bits per heavy atom. The van der Waals surface area contributed by atoms with Crippen molar-refractivity contribution >= 4 is 43.2 Å². The second-order valence-electron chi connectivity index (χ2n) is 3.83. The third-order valence-electron chi connectivity index (χ3n) is 2.51. The van der Waals surface area contributed by atoms with E-state index in [0.29, 0.717) is 24.7 Å². The van der Waals surface area contributed by atoms with Gasteiger partial charge in [0.15, 0.2) is 11.5 Å². The predicted octanol–water partition coefficient (Wildman–Crippen LogP) is 4.32. The summed E-state index contributed by atoms with van der Waals surface area (Å²) in [5.74, 6) is 1.38. The van der Waals surface area contributed by atoms with Crippen LogP contribution in [0.2, 0.25) is 0 Å². The van der Waals surface area contributed by atoms with Crippen molar-refractivity contribution in [3.63, 3.8) is 0 Å². The molecule has 0 atom stereocenters. The first kappa shape index (κ1) is 14.8. The van der Waals surface area contributed by atoms with Gasteiger partial charge in [0.1, 0.15) is 6.61 Å². The molecule has 0 spiro atoms. The lowest BCUT2D eigenvalue weighted by Gasteiger charge is -2.13. The molecular formula is C13H13Br2NO2S. The lowest BCUT2D eigenvalue weighted by atomic mass is 10.2. The lowest BCUT2D eigenvalue weighted by Crippen LogP contribution is -2.01. The van der Waals surface area contributed by atoms with Crippen LogP contribution in [0.3, 0.4) is 0 Å². The molecule has 0 bridgehead atoms. The summed E-state index contributed by atoms with van der Waals surface area (Å²) < 4.78 is 13.1. The van der Waals surface area contributed by atoms with Crippen LogP contribution in [0.25, 0.3) is 0 Å². The molecule has 0 aliphatic carbocycles. The molecule has 0 saturated heterocycles. The van der Waals surface area contributed by atoms with Crippen LogP contribution in [0, 0.1) is 0 Å². The number of halogens is 2. The molecular weight excluding hydrogens is 394 g/mol. The molecule has 0 amide bonds. The zero-order chi connectivity index (χ0) is 13.8. The molecule has 1 heterocycles. The molecule has 2 rings (SSSR count). The lowest BCUT2D eigenvalue weighted by molar-refractivity contribution is 0.285. The molecule has 102 valence electrons. The third kappa shape index (κ3) is 3.72. The highest BCUT2D eigenvalue weighted by atomic mass is 79.9. The zero-order valence-electron chi connectivity index (χ0n) is 10.3. The van der Waals surface area contributed by atoms with Gasteiger partial charge < -0.3 is 15.2 Å². The van der Waals surface area contributed by atoms with E-state index in [9.17, 15) is 0 Å². The van der Waals surface area contributed by atoms with E-state index in [-0.39, 0.29) is 0 Å². The standard InChI is InChI=1S/C13H13Br2NO2S/c1-17-12-3-8(5-16)2-11(15)13(12)18-6-10-4-9(14)7-19-10/h2-4,7H,5-6,16H2,1H3. The number of hydrogen-bond donors (Lipinski definition) is 1. The fourth-order valence-corrected chi connectivity index (χ4v) is 3.57. The molecule has 0 fully saturated rings. The number of nitrogens with two attached hydrogens (primary N) is 1. The number of methoxy groups -OCH3 is 1. The van der Waals surface area contributed by atoms with Gasteiger partial charge in [0.2, 0.25) is 0 Å². The Bertz CT molecular complexity index is 572. The summed E-state index contributed by atoms with van der Waals surface area (Å²) in [5.41, 5.74) is 6.63. The van der Waals surface area contributed by atoms with E-state index >= 15 is 0 Å². The Kier molecular flexibility index (Phi) is 5.27. The molecule has 2 N–H and O–H groups in total. The Labute approximate surface area is 133 Å². The quantitative estimate of drug-likeness (QED) is 0.803. The van der Waals surface area contributed by atoms with Gasteiger partial charge >= 0.3 is 0 Å². The molecule has 19 heavy (non-hydrogen) atoms. The van der Waals surface area contributed by atoms with Crippen LogP contribution in [0.1, 0.15) is 10.4 Å². The first-order chi connectivity index (χ1) is 9.13. The SMILES string of the molecule is COc1cc(CN)cc(Br)c1OCc1cc(Br)cs1. The molecule has 0 saturated carbocycles. The Balaban J connectivity index is 2.19. The van der Waals surface area contributed by atoms with Crippen LogP contribution in [0.5, 0.6) is 11.5 Å². The average molecular weight is 407 g/mol. The maximum atomic E-state index is 5.83. The van der Waals surface area contributed by atoms with Gasteiger partial charge in [0.05, 0.1) is 11.6 Å². The predicted molar refractivity (Wildman–Crippen MR) is 84.9 cm³/mol. The summed E-state index contributed by atoms with van der Waals surface area (Å²) >= 11 is 8.57. The van der Waals surface area contributed by atoms with Crippen molar-refractivity contribution in [2.75, 3.05) is 7.11 Å². The Hall–Kier alpha value is -0.560. The van der Waals surface area contributed by atoms with E-state index in [4.69, 9.17) is 15.2 Å². The van der Waals surface area contributed by atoms with Crippen molar-refractivity contribution in [1.82, 2.24) is 0 Å². The van der Waals surface area contributed by atoms with Gasteiger partial charge in [-0.05, 0) is 55.6 Å². The van der Waals surface area contributed by atoms with Crippen molar-refractivity contribution in [2.24, 2.45) is 5.73 Å². The molecule has 0 aliphatic rings. The van der Waals surface area contributed by atoms with Crippen molar-refractivity contribution in [3.8, 4) is 11.5 Å². The second-order valence-corrected chi connectivity index (χ2v) is 6.60.